The molecule has 0 aliphatic carbocycles. The molecule has 0 radical (unpaired) electrons. The van der Waals surface area contributed by atoms with Gasteiger partial charge in [-0.2, -0.15) is 0 Å². The Labute approximate surface area is 120 Å². The zero-order valence-corrected chi connectivity index (χ0v) is 11.8. The molecule has 0 bridgehead atoms. The van der Waals surface area contributed by atoms with E-state index >= 15 is 0 Å². The standard InChI is InChI=1S/C15H15N3O3/c1-17-6-5-12-11(15(17)20)8-13(18(12)2)14(19)16-9-10-4-3-7-21-10/h3-8H,9H2,1-2H3,(H,16,19). The number of nitrogens with one attached hydrogen (secondary N) is 1. The molecule has 0 aliphatic rings. The summed E-state index contributed by atoms with van der Waals surface area (Å²) >= 11 is 0. The summed E-state index contributed by atoms with van der Waals surface area (Å²) in [6.07, 6.45) is 3.25. The molecular weight excluding hydrogens is 270 g/mol. The number of carbonyl (C=O) groups is 1. The van der Waals surface area contributed by atoms with Gasteiger partial charge in [0.25, 0.3) is 11.5 Å². The molecule has 0 aliphatic heterocycles. The molecule has 0 saturated heterocycles. The first-order valence-electron chi connectivity index (χ1n) is 6.53. The number of fused-ring (bicyclic) bond motifs is 1. The van der Waals surface area contributed by atoms with Gasteiger partial charge in [-0.05, 0) is 24.3 Å². The van der Waals surface area contributed by atoms with Crippen LogP contribution in [0.25, 0.3) is 10.9 Å². The van der Waals surface area contributed by atoms with Crippen LogP contribution in [-0.2, 0) is 20.6 Å². The Balaban J connectivity index is 1.93. The summed E-state index contributed by atoms with van der Waals surface area (Å²) in [5.74, 6) is 0.435. The Morgan fingerprint density at radius 2 is 2.14 bits per heavy atom. The number of carbonyl (C=O) groups excluding carboxylic acids is 1. The van der Waals surface area contributed by atoms with Gasteiger partial charge in [0.05, 0.1) is 23.7 Å². The number of aryl methyl sites for hydroxylation is 2. The van der Waals surface area contributed by atoms with E-state index in [2.05, 4.69) is 5.32 Å². The van der Waals surface area contributed by atoms with E-state index in [9.17, 15) is 9.59 Å². The minimum absolute atomic E-state index is 0.117. The number of hydrogen-bond donors (Lipinski definition) is 1. The molecule has 0 unspecified atom stereocenters. The molecule has 6 heteroatoms. The molecule has 0 saturated carbocycles. The minimum Gasteiger partial charge on any atom is -0.467 e. The van der Waals surface area contributed by atoms with Crippen LogP contribution in [0.2, 0.25) is 0 Å². The van der Waals surface area contributed by atoms with Crippen molar-refractivity contribution in [2.75, 3.05) is 0 Å². The maximum Gasteiger partial charge on any atom is 0.268 e. The number of hydrogen-bond acceptors (Lipinski definition) is 3. The summed E-state index contributed by atoms with van der Waals surface area (Å²) in [4.78, 5) is 24.3. The SMILES string of the molecule is Cn1ccc2c(cc(C(=O)NCc3ccco3)n2C)c1=O. The van der Waals surface area contributed by atoms with Crippen molar-refractivity contribution in [2.45, 2.75) is 6.54 Å². The summed E-state index contributed by atoms with van der Waals surface area (Å²) in [7, 11) is 3.45. The second-order valence-corrected chi connectivity index (χ2v) is 4.88. The predicted octanol–water partition coefficient (Wildman–Crippen LogP) is 1.40. The predicted molar refractivity (Wildman–Crippen MR) is 78.0 cm³/mol. The van der Waals surface area contributed by atoms with Crippen molar-refractivity contribution in [1.82, 2.24) is 14.5 Å². The van der Waals surface area contributed by atoms with Gasteiger partial charge < -0.3 is 18.9 Å². The molecule has 6 nitrogen and oxygen atoms in total. The maximum absolute atomic E-state index is 12.2. The van der Waals surface area contributed by atoms with Crippen LogP contribution in [0, 0.1) is 0 Å². The van der Waals surface area contributed by atoms with E-state index in [-0.39, 0.29) is 11.5 Å². The van der Waals surface area contributed by atoms with Crippen molar-refractivity contribution in [3.63, 3.8) is 0 Å². The van der Waals surface area contributed by atoms with Gasteiger partial charge in [0.2, 0.25) is 0 Å². The van der Waals surface area contributed by atoms with Crippen molar-refractivity contribution < 1.29 is 9.21 Å². The van der Waals surface area contributed by atoms with Crippen LogP contribution in [0.15, 0.2) is 45.9 Å². The Morgan fingerprint density at radius 3 is 2.86 bits per heavy atom. The first-order valence-corrected chi connectivity index (χ1v) is 6.53. The summed E-state index contributed by atoms with van der Waals surface area (Å²) in [6.45, 7) is 0.311. The number of amides is 1. The van der Waals surface area contributed by atoms with Crippen molar-refractivity contribution in [1.29, 1.82) is 0 Å². The summed E-state index contributed by atoms with van der Waals surface area (Å²) in [5, 5.41) is 3.31. The molecule has 3 rings (SSSR count). The first-order chi connectivity index (χ1) is 10.1. The van der Waals surface area contributed by atoms with Gasteiger partial charge in [-0.1, -0.05) is 0 Å². The maximum atomic E-state index is 12.2. The van der Waals surface area contributed by atoms with Crippen LogP contribution < -0.4 is 10.9 Å². The number of furan rings is 1. The molecule has 0 fully saturated rings. The lowest BCUT2D eigenvalue weighted by Crippen LogP contribution is -2.24. The van der Waals surface area contributed by atoms with Crippen molar-refractivity contribution >= 4 is 16.8 Å². The molecule has 0 aromatic carbocycles. The number of aromatic nitrogens is 2. The Hall–Kier alpha value is -2.76. The highest BCUT2D eigenvalue weighted by Gasteiger charge is 2.15. The Kier molecular flexibility index (Phi) is 3.13. The molecule has 3 heterocycles. The lowest BCUT2D eigenvalue weighted by molar-refractivity contribution is 0.0940. The highest BCUT2D eigenvalue weighted by atomic mass is 16.3. The van der Waals surface area contributed by atoms with Crippen LogP contribution in [0.4, 0.5) is 0 Å². The third-order valence-corrected chi connectivity index (χ3v) is 3.52. The average molecular weight is 285 g/mol. The molecule has 108 valence electrons. The van der Waals surface area contributed by atoms with Gasteiger partial charge in [0.15, 0.2) is 0 Å². The second-order valence-electron chi connectivity index (χ2n) is 4.88. The van der Waals surface area contributed by atoms with E-state index in [1.165, 1.54) is 4.57 Å². The molecule has 1 N–H and O–H groups in total. The topological polar surface area (TPSA) is 69.2 Å². The van der Waals surface area contributed by atoms with Gasteiger partial charge in [-0.25, -0.2) is 0 Å². The van der Waals surface area contributed by atoms with Gasteiger partial charge in [-0.15, -0.1) is 0 Å². The lowest BCUT2D eigenvalue weighted by Gasteiger charge is -2.05. The van der Waals surface area contributed by atoms with Crippen LogP contribution in [0.1, 0.15) is 16.2 Å². The van der Waals surface area contributed by atoms with E-state index in [0.717, 1.165) is 5.52 Å². The molecule has 0 atom stereocenters. The van der Waals surface area contributed by atoms with E-state index in [4.69, 9.17) is 4.42 Å². The largest absolute Gasteiger partial charge is 0.467 e. The fourth-order valence-electron chi connectivity index (χ4n) is 2.32. The molecular formula is C15H15N3O3. The van der Waals surface area contributed by atoms with Crippen LogP contribution in [-0.4, -0.2) is 15.0 Å². The van der Waals surface area contributed by atoms with Crippen molar-refractivity contribution in [3.05, 3.63) is 58.5 Å². The molecule has 3 aromatic heterocycles. The smallest absolute Gasteiger partial charge is 0.268 e. The summed E-state index contributed by atoms with van der Waals surface area (Å²) < 4.78 is 8.38. The Morgan fingerprint density at radius 1 is 1.33 bits per heavy atom. The van der Waals surface area contributed by atoms with Gasteiger partial charge >= 0.3 is 0 Å². The van der Waals surface area contributed by atoms with Crippen LogP contribution in [0.5, 0.6) is 0 Å². The monoisotopic (exact) mass is 285 g/mol. The fraction of sp³-hybridized carbons (Fsp3) is 0.200. The number of pyridine rings is 1. The average Bonchev–Trinajstić information content (AvgIpc) is 3.09. The van der Waals surface area contributed by atoms with Gasteiger partial charge in [0.1, 0.15) is 11.5 Å². The zero-order valence-electron chi connectivity index (χ0n) is 11.8. The second kappa shape index (κ2) is 4.97. The fourth-order valence-corrected chi connectivity index (χ4v) is 2.32. The van der Waals surface area contributed by atoms with Gasteiger partial charge in [-0.3, -0.25) is 9.59 Å². The third kappa shape index (κ3) is 2.24. The number of rotatable bonds is 3. The first kappa shape index (κ1) is 13.2. The molecule has 0 spiro atoms. The zero-order chi connectivity index (χ0) is 15.0. The van der Waals surface area contributed by atoms with E-state index < -0.39 is 0 Å². The van der Waals surface area contributed by atoms with Crippen molar-refractivity contribution in [3.8, 4) is 0 Å². The highest BCUT2D eigenvalue weighted by Crippen LogP contribution is 2.15. The molecule has 21 heavy (non-hydrogen) atoms. The van der Waals surface area contributed by atoms with Crippen LogP contribution in [0.3, 0.4) is 0 Å². The van der Waals surface area contributed by atoms with E-state index in [1.807, 2.05) is 6.07 Å². The summed E-state index contributed by atoms with van der Waals surface area (Å²) in [6, 6.07) is 6.99. The highest BCUT2D eigenvalue weighted by molar-refractivity contribution is 5.98. The Bertz CT molecular complexity index is 856. The number of nitrogens with zero attached hydrogens (tertiary/aromatic N) is 2. The quantitative estimate of drug-likeness (QED) is 0.791. The molecule has 3 aromatic rings. The van der Waals surface area contributed by atoms with E-state index in [1.54, 1.807) is 49.3 Å². The van der Waals surface area contributed by atoms with Crippen molar-refractivity contribution in [2.24, 2.45) is 14.1 Å². The normalized spacial score (nSPS) is 11.0. The lowest BCUT2D eigenvalue weighted by atomic mass is 10.3. The molecule has 1 amide bonds. The van der Waals surface area contributed by atoms with E-state index in [0.29, 0.717) is 23.4 Å². The van der Waals surface area contributed by atoms with Gasteiger partial charge in [0, 0.05) is 20.3 Å². The summed E-state index contributed by atoms with van der Waals surface area (Å²) in [5.41, 5.74) is 1.06. The third-order valence-electron chi connectivity index (χ3n) is 3.52. The van der Waals surface area contributed by atoms with Crippen LogP contribution >= 0.6 is 0 Å². The minimum atomic E-state index is -0.243.